The normalized spacial score (nSPS) is 11.2. The fourth-order valence-electron chi connectivity index (χ4n) is 3.42. The Morgan fingerprint density at radius 2 is 1.83 bits per heavy atom. The van der Waals surface area contributed by atoms with Gasteiger partial charge in [-0.25, -0.2) is 0 Å². The molecule has 1 heterocycles. The van der Waals surface area contributed by atoms with Gasteiger partial charge in [-0.1, -0.05) is 48.0 Å². The van der Waals surface area contributed by atoms with Gasteiger partial charge in [0.25, 0.3) is 11.5 Å². The van der Waals surface area contributed by atoms with Crippen LogP contribution in [0.15, 0.2) is 71.7 Å². The smallest absolute Gasteiger partial charge is 0.263 e. The predicted molar refractivity (Wildman–Crippen MR) is 114 cm³/mol. The summed E-state index contributed by atoms with van der Waals surface area (Å²) in [4.78, 5) is 25.9. The van der Waals surface area contributed by atoms with Crippen molar-refractivity contribution in [3.8, 4) is 5.75 Å². The maximum atomic E-state index is 12.9. The van der Waals surface area contributed by atoms with Gasteiger partial charge >= 0.3 is 0 Å². The quantitative estimate of drug-likeness (QED) is 0.695. The van der Waals surface area contributed by atoms with Gasteiger partial charge in [-0.2, -0.15) is 0 Å². The van der Waals surface area contributed by atoms with E-state index < -0.39 is 11.4 Å². The molecule has 0 radical (unpaired) electrons. The highest BCUT2D eigenvalue weighted by atomic mass is 16.5. The Morgan fingerprint density at radius 3 is 2.55 bits per heavy atom. The summed E-state index contributed by atoms with van der Waals surface area (Å²) in [5.74, 6) is 0.271. The third-order valence-corrected chi connectivity index (χ3v) is 4.91. The zero-order chi connectivity index (χ0) is 21.0. The van der Waals surface area contributed by atoms with E-state index in [0.29, 0.717) is 12.3 Å². The van der Waals surface area contributed by atoms with E-state index in [1.54, 1.807) is 30.0 Å². The molecule has 1 aromatic heterocycles. The minimum Gasteiger partial charge on any atom is -0.496 e. The summed E-state index contributed by atoms with van der Waals surface area (Å²) < 4.78 is 6.98. The van der Waals surface area contributed by atoms with Crippen molar-refractivity contribution < 1.29 is 9.53 Å². The number of para-hydroxylation sites is 1. The first kappa shape index (κ1) is 20.4. The number of methoxy groups -OCH3 is 1. The average molecular weight is 390 g/mol. The molecule has 29 heavy (non-hydrogen) atoms. The van der Waals surface area contributed by atoms with E-state index in [0.717, 1.165) is 16.7 Å². The largest absolute Gasteiger partial charge is 0.496 e. The molecule has 0 unspecified atom stereocenters. The van der Waals surface area contributed by atoms with Crippen LogP contribution in [0.1, 0.15) is 40.9 Å². The molecule has 0 bridgehead atoms. The van der Waals surface area contributed by atoms with E-state index in [-0.39, 0.29) is 11.1 Å². The number of carbonyl (C=O) groups excluding carboxylic acids is 1. The highest BCUT2D eigenvalue weighted by Gasteiger charge is 2.27. The first-order valence-corrected chi connectivity index (χ1v) is 9.53. The van der Waals surface area contributed by atoms with Crippen LogP contribution in [-0.2, 0) is 12.1 Å². The molecule has 5 nitrogen and oxygen atoms in total. The number of hydrogen-bond donors (Lipinski definition) is 1. The Balaban J connectivity index is 1.87. The summed E-state index contributed by atoms with van der Waals surface area (Å²) >= 11 is 0. The summed E-state index contributed by atoms with van der Waals surface area (Å²) in [7, 11) is 1.60. The molecular weight excluding hydrogens is 364 g/mol. The molecule has 0 aliphatic carbocycles. The van der Waals surface area contributed by atoms with Crippen molar-refractivity contribution >= 4 is 5.91 Å². The van der Waals surface area contributed by atoms with Crippen LogP contribution in [0.3, 0.4) is 0 Å². The van der Waals surface area contributed by atoms with Gasteiger partial charge in [-0.15, -0.1) is 0 Å². The van der Waals surface area contributed by atoms with Crippen molar-refractivity contribution in [3.63, 3.8) is 0 Å². The molecule has 1 amide bonds. The first-order chi connectivity index (χ1) is 13.8. The minimum absolute atomic E-state index is 0.114. The summed E-state index contributed by atoms with van der Waals surface area (Å²) in [6.45, 7) is 6.20. The van der Waals surface area contributed by atoms with Crippen LogP contribution in [0.4, 0.5) is 0 Å². The van der Waals surface area contributed by atoms with Gasteiger partial charge in [0.05, 0.1) is 19.2 Å². The topological polar surface area (TPSA) is 60.3 Å². The van der Waals surface area contributed by atoms with Gasteiger partial charge in [0.2, 0.25) is 0 Å². The molecule has 3 aromatic rings. The van der Waals surface area contributed by atoms with Crippen molar-refractivity contribution in [2.24, 2.45) is 0 Å². The molecule has 0 aliphatic heterocycles. The number of hydrogen-bond acceptors (Lipinski definition) is 3. The molecule has 0 saturated carbocycles. The Labute approximate surface area is 171 Å². The molecule has 0 atom stereocenters. The maximum absolute atomic E-state index is 12.9. The van der Waals surface area contributed by atoms with Crippen LogP contribution in [0.25, 0.3) is 0 Å². The van der Waals surface area contributed by atoms with Crippen LogP contribution >= 0.6 is 0 Å². The predicted octanol–water partition coefficient (Wildman–Crippen LogP) is 3.88. The maximum Gasteiger partial charge on any atom is 0.263 e. The van der Waals surface area contributed by atoms with Crippen LogP contribution in [0.5, 0.6) is 5.75 Å². The first-order valence-electron chi connectivity index (χ1n) is 9.53. The highest BCUT2D eigenvalue weighted by molar-refractivity contribution is 5.94. The third kappa shape index (κ3) is 4.57. The number of nitrogens with zero attached hydrogens (tertiary/aromatic N) is 1. The highest BCUT2D eigenvalue weighted by Crippen LogP contribution is 2.29. The molecule has 0 aliphatic rings. The fraction of sp³-hybridized carbons (Fsp3) is 0.250. The minimum atomic E-state index is -0.715. The second-order valence-electron chi connectivity index (χ2n) is 7.62. The lowest BCUT2D eigenvalue weighted by Crippen LogP contribution is -2.43. The van der Waals surface area contributed by atoms with Gasteiger partial charge in [0.1, 0.15) is 11.3 Å². The number of aryl methyl sites for hydroxylation is 1. The summed E-state index contributed by atoms with van der Waals surface area (Å²) in [6.07, 6.45) is 1.70. The number of benzene rings is 2. The third-order valence-electron chi connectivity index (χ3n) is 4.91. The van der Waals surface area contributed by atoms with Crippen molar-refractivity contribution in [2.45, 2.75) is 32.9 Å². The van der Waals surface area contributed by atoms with Crippen molar-refractivity contribution in [1.82, 2.24) is 9.88 Å². The van der Waals surface area contributed by atoms with Crippen LogP contribution in [-0.4, -0.2) is 17.6 Å². The SMILES string of the molecule is COc1ccccc1C(C)(C)NC(=O)c1cccn(Cc2cccc(C)c2)c1=O. The number of nitrogens with one attached hydrogen (secondary N) is 1. The number of amides is 1. The molecule has 1 N–H and O–H groups in total. The fourth-order valence-corrected chi connectivity index (χ4v) is 3.42. The molecule has 150 valence electrons. The van der Waals surface area contributed by atoms with Crippen molar-refractivity contribution in [2.75, 3.05) is 7.11 Å². The summed E-state index contributed by atoms with van der Waals surface area (Å²) in [5, 5.41) is 2.97. The van der Waals surface area contributed by atoms with Gasteiger partial charge in [0, 0.05) is 11.8 Å². The van der Waals surface area contributed by atoms with Crippen molar-refractivity contribution in [1.29, 1.82) is 0 Å². The molecule has 2 aromatic carbocycles. The Kier molecular flexibility index (Phi) is 5.87. The Hall–Kier alpha value is -3.34. The van der Waals surface area contributed by atoms with E-state index in [2.05, 4.69) is 5.32 Å². The lowest BCUT2D eigenvalue weighted by Gasteiger charge is -2.28. The lowest BCUT2D eigenvalue weighted by atomic mass is 9.93. The van der Waals surface area contributed by atoms with Crippen LogP contribution < -0.4 is 15.6 Å². The molecule has 0 saturated heterocycles. The molecule has 0 spiro atoms. The molecule has 3 rings (SSSR count). The van der Waals surface area contributed by atoms with Crippen molar-refractivity contribution in [3.05, 3.63) is 99.5 Å². The number of ether oxygens (including phenoxy) is 1. The van der Waals surface area contributed by atoms with E-state index in [1.807, 2.05) is 69.3 Å². The standard InChI is InChI=1S/C24H26N2O3/c1-17-9-7-10-18(15-17)16-26-14-8-11-19(23(26)28)22(27)25-24(2,3)20-12-5-6-13-21(20)29-4/h5-15H,16H2,1-4H3,(H,25,27). The van der Waals surface area contributed by atoms with E-state index >= 15 is 0 Å². The average Bonchev–Trinajstić information content (AvgIpc) is 2.69. The van der Waals surface area contributed by atoms with E-state index in [9.17, 15) is 9.59 Å². The van der Waals surface area contributed by atoms with Gasteiger partial charge in [-0.3, -0.25) is 9.59 Å². The summed E-state index contributed by atoms with van der Waals surface area (Å²) in [6, 6.07) is 18.8. The van der Waals surface area contributed by atoms with Gasteiger partial charge < -0.3 is 14.6 Å². The monoisotopic (exact) mass is 390 g/mol. The zero-order valence-corrected chi connectivity index (χ0v) is 17.2. The Bertz CT molecular complexity index is 1080. The van der Waals surface area contributed by atoms with Gasteiger partial charge in [0.15, 0.2) is 0 Å². The molecule has 0 fully saturated rings. The van der Waals surface area contributed by atoms with Crippen LogP contribution in [0, 0.1) is 6.92 Å². The zero-order valence-electron chi connectivity index (χ0n) is 17.2. The molecule has 5 heteroatoms. The number of pyridine rings is 1. The molecular formula is C24H26N2O3. The second kappa shape index (κ2) is 8.35. The Morgan fingerprint density at radius 1 is 1.07 bits per heavy atom. The second-order valence-corrected chi connectivity index (χ2v) is 7.62. The van der Waals surface area contributed by atoms with Crippen LogP contribution in [0.2, 0.25) is 0 Å². The van der Waals surface area contributed by atoms with E-state index in [4.69, 9.17) is 4.74 Å². The summed E-state index contributed by atoms with van der Waals surface area (Å²) in [5.41, 5.74) is 2.06. The lowest BCUT2D eigenvalue weighted by molar-refractivity contribution is 0.0909. The van der Waals surface area contributed by atoms with E-state index in [1.165, 1.54) is 0 Å². The number of aromatic nitrogens is 1. The van der Waals surface area contributed by atoms with Gasteiger partial charge in [-0.05, 0) is 44.5 Å². The number of rotatable bonds is 6. The number of carbonyl (C=O) groups is 1.